The highest BCUT2D eigenvalue weighted by Crippen LogP contribution is 2.55. The lowest BCUT2D eigenvalue weighted by Gasteiger charge is -2.49. The van der Waals surface area contributed by atoms with Gasteiger partial charge >= 0.3 is 0 Å². The standard InChI is InChI=1S/C37H64O10/c1-11-35(32-21(4)18-27(43-32)29-20(3)17-22(5)37(41,12-2)46-29)14-13-28(44-35)34(9)15-16-36(47-34)19-26(38)23(6)31(45-36)24(7)30(42-10)25(8)33(39)40/h20-32,38,41H,11-19H2,1-10H3,(H,39,40)/p-1. The van der Waals surface area contributed by atoms with Crippen LogP contribution in [0.25, 0.3) is 0 Å². The maximum absolute atomic E-state index is 11.7. The Hall–Kier alpha value is -0.850. The van der Waals surface area contributed by atoms with Gasteiger partial charge in [0.2, 0.25) is 0 Å². The molecule has 47 heavy (non-hydrogen) atoms. The van der Waals surface area contributed by atoms with Gasteiger partial charge in [0.15, 0.2) is 11.6 Å². The van der Waals surface area contributed by atoms with Crippen LogP contribution in [0.1, 0.15) is 120 Å². The Morgan fingerprint density at radius 3 is 2.32 bits per heavy atom. The van der Waals surface area contributed by atoms with Crippen molar-refractivity contribution in [2.24, 2.45) is 35.5 Å². The van der Waals surface area contributed by atoms with Crippen LogP contribution in [0.15, 0.2) is 0 Å². The van der Waals surface area contributed by atoms with E-state index in [-0.39, 0.29) is 54.0 Å². The molecule has 5 fully saturated rings. The Morgan fingerprint density at radius 1 is 1.00 bits per heavy atom. The van der Waals surface area contributed by atoms with Crippen molar-refractivity contribution >= 4 is 5.97 Å². The summed E-state index contributed by atoms with van der Waals surface area (Å²) in [4.78, 5) is 11.7. The van der Waals surface area contributed by atoms with Crippen molar-refractivity contribution in [3.05, 3.63) is 0 Å². The van der Waals surface area contributed by atoms with E-state index in [2.05, 4.69) is 34.6 Å². The number of methoxy groups -OCH3 is 1. The molecule has 5 aliphatic rings. The van der Waals surface area contributed by atoms with Gasteiger partial charge in [-0.2, -0.15) is 0 Å². The fourth-order valence-corrected chi connectivity index (χ4v) is 10.1. The van der Waals surface area contributed by atoms with Gasteiger partial charge in [-0.25, -0.2) is 0 Å². The van der Waals surface area contributed by atoms with Gasteiger partial charge in [-0.15, -0.1) is 0 Å². The molecule has 0 aliphatic carbocycles. The maximum atomic E-state index is 11.7. The van der Waals surface area contributed by atoms with Gasteiger partial charge in [-0.05, 0) is 63.7 Å². The normalized spacial score (nSPS) is 50.9. The molecule has 0 aromatic rings. The average molecular weight is 668 g/mol. The Kier molecular flexibility index (Phi) is 10.9. The van der Waals surface area contributed by atoms with Crippen LogP contribution >= 0.6 is 0 Å². The summed E-state index contributed by atoms with van der Waals surface area (Å²) in [5.41, 5.74) is -1.08. The van der Waals surface area contributed by atoms with Crippen molar-refractivity contribution in [2.75, 3.05) is 7.11 Å². The first kappa shape index (κ1) is 37.4. The highest BCUT2D eigenvalue weighted by molar-refractivity contribution is 5.67. The summed E-state index contributed by atoms with van der Waals surface area (Å²) in [6.07, 6.45) is 4.19. The van der Waals surface area contributed by atoms with E-state index in [1.165, 1.54) is 7.11 Å². The fraction of sp³-hybridized carbons (Fsp3) is 0.973. The van der Waals surface area contributed by atoms with Crippen LogP contribution in [0.3, 0.4) is 0 Å². The van der Waals surface area contributed by atoms with Gasteiger partial charge in [0, 0.05) is 49.6 Å². The van der Waals surface area contributed by atoms with Gasteiger partial charge < -0.3 is 48.5 Å². The molecule has 0 aromatic heterocycles. The second kappa shape index (κ2) is 13.7. The quantitative estimate of drug-likeness (QED) is 0.346. The summed E-state index contributed by atoms with van der Waals surface area (Å²) in [7, 11) is 1.51. The highest BCUT2D eigenvalue weighted by Gasteiger charge is 2.62. The van der Waals surface area contributed by atoms with Gasteiger partial charge in [0.25, 0.3) is 0 Å². The predicted molar refractivity (Wildman–Crippen MR) is 173 cm³/mol. The summed E-state index contributed by atoms with van der Waals surface area (Å²) in [6, 6.07) is 0. The van der Waals surface area contributed by atoms with E-state index in [1.54, 1.807) is 6.92 Å². The number of hydrogen-bond acceptors (Lipinski definition) is 10. The second-order valence-electron chi connectivity index (χ2n) is 16.5. The molecule has 17 atom stereocenters. The van der Waals surface area contributed by atoms with E-state index >= 15 is 0 Å². The zero-order valence-corrected chi connectivity index (χ0v) is 30.5. The van der Waals surface area contributed by atoms with Crippen LogP contribution in [-0.2, 0) is 33.2 Å². The predicted octanol–water partition coefficient (Wildman–Crippen LogP) is 4.36. The summed E-state index contributed by atoms with van der Waals surface area (Å²) >= 11 is 0. The average Bonchev–Trinajstić information content (AvgIpc) is 3.73. The zero-order chi connectivity index (χ0) is 34.7. The van der Waals surface area contributed by atoms with Gasteiger partial charge in [-0.3, -0.25) is 0 Å². The van der Waals surface area contributed by atoms with Crippen molar-refractivity contribution in [1.82, 2.24) is 0 Å². The van der Waals surface area contributed by atoms with Crippen molar-refractivity contribution in [3.63, 3.8) is 0 Å². The third-order valence-electron chi connectivity index (χ3n) is 13.3. The Bertz CT molecular complexity index is 1110. The van der Waals surface area contributed by atoms with Crippen molar-refractivity contribution < 1.29 is 48.5 Å². The topological polar surface area (TPSA) is 136 Å². The summed E-state index contributed by atoms with van der Waals surface area (Å²) in [5, 5.41) is 34.2. The van der Waals surface area contributed by atoms with Crippen LogP contribution in [0.5, 0.6) is 0 Å². The smallest absolute Gasteiger partial charge is 0.172 e. The second-order valence-corrected chi connectivity index (χ2v) is 16.5. The molecule has 5 rings (SSSR count). The minimum absolute atomic E-state index is 0.0766. The lowest BCUT2D eigenvalue weighted by Crippen LogP contribution is -2.57. The molecular formula is C37H63O10-. The lowest BCUT2D eigenvalue weighted by atomic mass is 9.78. The number of ether oxygens (including phenoxy) is 6. The van der Waals surface area contributed by atoms with E-state index < -0.39 is 53.0 Å². The van der Waals surface area contributed by atoms with E-state index in [9.17, 15) is 20.1 Å². The number of carbonyl (C=O) groups is 1. The van der Waals surface area contributed by atoms with Crippen molar-refractivity contribution in [1.29, 1.82) is 0 Å². The molecule has 0 amide bonds. The SMILES string of the molecule is CCC1(O)OC(C2CC(C)C(C3(CC)CCC(C4(C)CCC5(CC(O)C(C)C(C(C)C(OC)C(C)C(=O)[O-])O5)O4)O3)O2)C(C)CC1C. The number of carboxylic acid groups (broad SMARTS) is 1. The fourth-order valence-electron chi connectivity index (χ4n) is 10.1. The third kappa shape index (κ3) is 6.68. The number of aliphatic hydroxyl groups is 2. The van der Waals surface area contributed by atoms with Gasteiger partial charge in [0.1, 0.15) is 0 Å². The van der Waals surface area contributed by atoms with Gasteiger partial charge in [-0.1, -0.05) is 55.4 Å². The number of carboxylic acids is 1. The summed E-state index contributed by atoms with van der Waals surface area (Å²) in [6.45, 7) is 18.2. The molecule has 5 aliphatic heterocycles. The Morgan fingerprint density at radius 2 is 1.70 bits per heavy atom. The first-order chi connectivity index (χ1) is 22.0. The van der Waals surface area contributed by atoms with Crippen LogP contribution in [0, 0.1) is 35.5 Å². The van der Waals surface area contributed by atoms with Gasteiger partial charge in [0.05, 0.1) is 53.9 Å². The number of carbonyl (C=O) groups excluding carboxylic acids is 1. The molecule has 5 saturated heterocycles. The monoisotopic (exact) mass is 667 g/mol. The molecule has 0 radical (unpaired) electrons. The first-order valence-electron chi connectivity index (χ1n) is 18.5. The highest BCUT2D eigenvalue weighted by atomic mass is 16.7. The first-order valence-corrected chi connectivity index (χ1v) is 18.5. The Labute approximate surface area is 282 Å². The van der Waals surface area contributed by atoms with Crippen molar-refractivity contribution in [3.8, 4) is 0 Å². The molecule has 17 unspecified atom stereocenters. The van der Waals surface area contributed by atoms with Crippen molar-refractivity contribution in [2.45, 2.75) is 186 Å². The lowest BCUT2D eigenvalue weighted by molar-refractivity contribution is -0.338. The number of aliphatic carboxylic acids is 1. The molecule has 272 valence electrons. The molecule has 0 saturated carbocycles. The minimum atomic E-state index is -1.17. The van der Waals surface area contributed by atoms with Crippen LogP contribution in [-0.4, -0.2) is 88.8 Å². The van der Waals surface area contributed by atoms with Crippen LogP contribution < -0.4 is 5.11 Å². The van der Waals surface area contributed by atoms with E-state index in [1.807, 2.05) is 20.8 Å². The zero-order valence-electron chi connectivity index (χ0n) is 30.5. The number of hydrogen-bond donors (Lipinski definition) is 2. The molecular weight excluding hydrogens is 604 g/mol. The molecule has 10 nitrogen and oxygen atoms in total. The maximum Gasteiger partial charge on any atom is 0.172 e. The molecule has 10 heteroatoms. The molecule has 5 heterocycles. The molecule has 0 bridgehead atoms. The summed E-state index contributed by atoms with van der Waals surface area (Å²) < 4.78 is 39.8. The minimum Gasteiger partial charge on any atom is -0.550 e. The molecule has 0 aromatic carbocycles. The number of aliphatic hydroxyl groups excluding tert-OH is 1. The van der Waals surface area contributed by atoms with Crippen LogP contribution in [0.4, 0.5) is 0 Å². The van der Waals surface area contributed by atoms with E-state index in [0.29, 0.717) is 25.7 Å². The van der Waals surface area contributed by atoms with Crippen LogP contribution in [0.2, 0.25) is 0 Å². The molecule has 2 N–H and O–H groups in total. The molecule has 1 spiro atoms. The Balaban J connectivity index is 1.29. The van der Waals surface area contributed by atoms with E-state index in [4.69, 9.17) is 28.4 Å². The largest absolute Gasteiger partial charge is 0.550 e. The third-order valence-corrected chi connectivity index (χ3v) is 13.3. The van der Waals surface area contributed by atoms with E-state index in [0.717, 1.165) is 32.1 Å². The number of rotatable bonds is 10. The summed E-state index contributed by atoms with van der Waals surface area (Å²) in [5.74, 6) is -4.04.